The Balaban J connectivity index is 2.23. The van der Waals surface area contributed by atoms with E-state index in [9.17, 15) is 8.78 Å². The van der Waals surface area contributed by atoms with Crippen LogP contribution in [0.2, 0.25) is 0 Å². The third-order valence-corrected chi connectivity index (χ3v) is 3.70. The lowest BCUT2D eigenvalue weighted by molar-refractivity contribution is 0.548. The van der Waals surface area contributed by atoms with Gasteiger partial charge in [0.2, 0.25) is 0 Å². The molecule has 2 aromatic rings. The van der Waals surface area contributed by atoms with Crippen molar-refractivity contribution in [1.29, 1.82) is 0 Å². The summed E-state index contributed by atoms with van der Waals surface area (Å²) < 4.78 is 29.1. The Kier molecular flexibility index (Phi) is 4.37. The smallest absolute Gasteiger partial charge is 0.147 e. The molecule has 1 aromatic carbocycles. The van der Waals surface area contributed by atoms with Crippen LogP contribution in [0, 0.1) is 11.6 Å². The van der Waals surface area contributed by atoms with E-state index in [2.05, 4.69) is 47.1 Å². The van der Waals surface area contributed by atoms with Crippen molar-refractivity contribution in [2.45, 2.75) is 32.7 Å². The van der Waals surface area contributed by atoms with Crippen molar-refractivity contribution in [2.24, 2.45) is 7.05 Å². The number of rotatable bonds is 3. The van der Waals surface area contributed by atoms with Crippen LogP contribution in [0.4, 0.5) is 14.5 Å². The van der Waals surface area contributed by atoms with E-state index < -0.39 is 11.6 Å². The van der Waals surface area contributed by atoms with Gasteiger partial charge in [-0.25, -0.2) is 8.78 Å². The van der Waals surface area contributed by atoms with Crippen molar-refractivity contribution >= 4 is 21.6 Å². The lowest BCUT2D eigenvalue weighted by Crippen LogP contribution is -2.16. The summed E-state index contributed by atoms with van der Waals surface area (Å²) in [4.78, 5) is 0. The predicted molar refractivity (Wildman–Crippen MR) is 83.3 cm³/mol. The van der Waals surface area contributed by atoms with Gasteiger partial charge in [0.1, 0.15) is 11.6 Å². The van der Waals surface area contributed by atoms with Gasteiger partial charge in [0.15, 0.2) is 0 Å². The summed E-state index contributed by atoms with van der Waals surface area (Å²) in [5.74, 6) is -0.995. The highest BCUT2D eigenvalue weighted by Crippen LogP contribution is 2.27. The maximum absolute atomic E-state index is 13.8. The van der Waals surface area contributed by atoms with E-state index in [1.165, 1.54) is 0 Å². The van der Waals surface area contributed by atoms with E-state index in [4.69, 9.17) is 0 Å². The Bertz CT molecular complexity index is 660. The van der Waals surface area contributed by atoms with Gasteiger partial charge >= 0.3 is 0 Å². The molecule has 0 radical (unpaired) electrons. The molecule has 0 saturated heterocycles. The Morgan fingerprint density at radius 2 is 1.90 bits per heavy atom. The zero-order valence-electron chi connectivity index (χ0n) is 12.5. The molecule has 114 valence electrons. The lowest BCUT2D eigenvalue weighted by Gasteiger charge is -2.18. The molecule has 21 heavy (non-hydrogen) atoms. The van der Waals surface area contributed by atoms with Crippen LogP contribution in [-0.2, 0) is 19.0 Å². The SMILES string of the molecule is Cn1cc(CNc2cc(F)c(Br)cc2F)c(C(C)(C)C)n1. The van der Waals surface area contributed by atoms with Gasteiger partial charge in [0.05, 0.1) is 15.9 Å². The van der Waals surface area contributed by atoms with Gasteiger partial charge in [-0.15, -0.1) is 0 Å². The Morgan fingerprint density at radius 1 is 1.24 bits per heavy atom. The van der Waals surface area contributed by atoms with Crippen LogP contribution in [0.5, 0.6) is 0 Å². The lowest BCUT2D eigenvalue weighted by atomic mass is 9.89. The van der Waals surface area contributed by atoms with Crippen LogP contribution in [0.15, 0.2) is 22.8 Å². The van der Waals surface area contributed by atoms with Crippen molar-refractivity contribution in [1.82, 2.24) is 9.78 Å². The molecule has 0 aliphatic rings. The first-order chi connectivity index (χ1) is 9.68. The number of anilines is 1. The molecule has 0 aliphatic carbocycles. The Morgan fingerprint density at radius 3 is 2.52 bits per heavy atom. The second-order valence-corrected chi connectivity index (χ2v) is 6.88. The summed E-state index contributed by atoms with van der Waals surface area (Å²) >= 11 is 2.96. The molecule has 0 unspecified atom stereocenters. The first-order valence-electron chi connectivity index (χ1n) is 6.60. The molecule has 0 saturated carbocycles. The van der Waals surface area contributed by atoms with Crippen molar-refractivity contribution < 1.29 is 8.78 Å². The van der Waals surface area contributed by atoms with E-state index in [0.29, 0.717) is 6.54 Å². The largest absolute Gasteiger partial charge is 0.378 e. The van der Waals surface area contributed by atoms with Crippen LogP contribution in [0.1, 0.15) is 32.0 Å². The van der Waals surface area contributed by atoms with Crippen LogP contribution in [0.3, 0.4) is 0 Å². The number of benzene rings is 1. The van der Waals surface area contributed by atoms with Gasteiger partial charge in [-0.1, -0.05) is 20.8 Å². The Labute approximate surface area is 131 Å². The van der Waals surface area contributed by atoms with Gasteiger partial charge in [-0.2, -0.15) is 5.10 Å². The molecule has 0 amide bonds. The molecule has 3 nitrogen and oxygen atoms in total. The maximum Gasteiger partial charge on any atom is 0.147 e. The van der Waals surface area contributed by atoms with Crippen LogP contribution < -0.4 is 5.32 Å². The van der Waals surface area contributed by atoms with Crippen LogP contribution in [0.25, 0.3) is 0 Å². The number of nitrogens with one attached hydrogen (secondary N) is 1. The maximum atomic E-state index is 13.8. The molecule has 0 atom stereocenters. The van der Waals surface area contributed by atoms with Gasteiger partial charge in [-0.3, -0.25) is 4.68 Å². The minimum atomic E-state index is -0.499. The standard InChI is InChI=1S/C15H18BrF2N3/c1-15(2,3)14-9(8-21(4)20-14)7-19-13-6-11(17)10(16)5-12(13)18/h5-6,8,19H,7H2,1-4H3. The number of halogens is 3. The second-order valence-electron chi connectivity index (χ2n) is 6.03. The average molecular weight is 358 g/mol. The molecule has 1 aromatic heterocycles. The fourth-order valence-electron chi connectivity index (χ4n) is 2.15. The van der Waals surface area contributed by atoms with Crippen molar-refractivity contribution in [3.8, 4) is 0 Å². The van der Waals surface area contributed by atoms with Gasteiger partial charge in [0, 0.05) is 36.8 Å². The molecular weight excluding hydrogens is 340 g/mol. The summed E-state index contributed by atoms with van der Waals surface area (Å²) in [6.07, 6.45) is 1.89. The second kappa shape index (κ2) is 5.75. The number of aromatic nitrogens is 2. The fourth-order valence-corrected chi connectivity index (χ4v) is 2.46. The fraction of sp³-hybridized carbons (Fsp3) is 0.400. The van der Waals surface area contributed by atoms with Crippen molar-refractivity contribution in [2.75, 3.05) is 5.32 Å². The summed E-state index contributed by atoms with van der Waals surface area (Å²) in [6.45, 7) is 6.59. The van der Waals surface area contributed by atoms with Gasteiger partial charge < -0.3 is 5.32 Å². The number of hydrogen-bond acceptors (Lipinski definition) is 2. The van der Waals surface area contributed by atoms with E-state index in [0.717, 1.165) is 23.4 Å². The summed E-state index contributed by atoms with van der Waals surface area (Å²) in [6, 6.07) is 2.26. The minimum Gasteiger partial charge on any atom is -0.378 e. The van der Waals surface area contributed by atoms with E-state index >= 15 is 0 Å². The number of aryl methyl sites for hydroxylation is 1. The molecule has 1 N–H and O–H groups in total. The van der Waals surface area contributed by atoms with Gasteiger partial charge in [-0.05, 0) is 22.0 Å². The average Bonchev–Trinajstić information content (AvgIpc) is 2.73. The molecular formula is C15H18BrF2N3. The first-order valence-corrected chi connectivity index (χ1v) is 7.39. The summed E-state index contributed by atoms with van der Waals surface area (Å²) in [5, 5.41) is 7.38. The highest BCUT2D eigenvalue weighted by atomic mass is 79.9. The van der Waals surface area contributed by atoms with Crippen molar-refractivity contribution in [3.05, 3.63) is 45.7 Å². The highest BCUT2D eigenvalue weighted by Gasteiger charge is 2.21. The van der Waals surface area contributed by atoms with Crippen molar-refractivity contribution in [3.63, 3.8) is 0 Å². The van der Waals surface area contributed by atoms with Crippen LogP contribution in [-0.4, -0.2) is 9.78 Å². The topological polar surface area (TPSA) is 29.9 Å². The summed E-state index contributed by atoms with van der Waals surface area (Å²) in [5.41, 5.74) is 1.93. The third-order valence-electron chi connectivity index (χ3n) is 3.09. The molecule has 0 aliphatic heterocycles. The zero-order valence-corrected chi connectivity index (χ0v) is 14.1. The molecule has 1 heterocycles. The highest BCUT2D eigenvalue weighted by molar-refractivity contribution is 9.10. The molecule has 0 spiro atoms. The number of hydrogen-bond donors (Lipinski definition) is 1. The molecule has 0 fully saturated rings. The predicted octanol–water partition coefficient (Wildman–Crippen LogP) is 4.37. The monoisotopic (exact) mass is 357 g/mol. The minimum absolute atomic E-state index is 0.109. The zero-order chi connectivity index (χ0) is 15.8. The van der Waals surface area contributed by atoms with Crippen LogP contribution >= 0.6 is 15.9 Å². The third kappa shape index (κ3) is 3.61. The van der Waals surface area contributed by atoms with E-state index in [1.807, 2.05) is 13.2 Å². The van der Waals surface area contributed by atoms with E-state index in [1.54, 1.807) is 4.68 Å². The van der Waals surface area contributed by atoms with E-state index in [-0.39, 0.29) is 15.6 Å². The first kappa shape index (κ1) is 15.9. The number of nitrogens with zero attached hydrogens (tertiary/aromatic N) is 2. The molecule has 2 rings (SSSR count). The summed E-state index contributed by atoms with van der Waals surface area (Å²) in [7, 11) is 1.85. The molecule has 6 heteroatoms. The molecule has 0 bridgehead atoms. The normalized spacial score (nSPS) is 11.8. The quantitative estimate of drug-likeness (QED) is 0.826. The van der Waals surface area contributed by atoms with Gasteiger partial charge in [0.25, 0.3) is 0 Å². The Hall–Kier alpha value is -1.43.